The van der Waals surface area contributed by atoms with Crippen LogP contribution in [0, 0.1) is 13.8 Å². The Bertz CT molecular complexity index is 829. The molecule has 0 aliphatic heterocycles. The highest BCUT2D eigenvalue weighted by atomic mass is 32.1. The van der Waals surface area contributed by atoms with Crippen molar-refractivity contribution in [2.45, 2.75) is 20.5 Å². The van der Waals surface area contributed by atoms with Gasteiger partial charge in [-0.2, -0.15) is 8.75 Å². The van der Waals surface area contributed by atoms with E-state index in [1.54, 1.807) is 36.5 Å². The van der Waals surface area contributed by atoms with Gasteiger partial charge in [0.05, 0.1) is 17.4 Å². The summed E-state index contributed by atoms with van der Waals surface area (Å²) < 4.78 is 13.9. The van der Waals surface area contributed by atoms with Crippen molar-refractivity contribution in [3.8, 4) is 5.75 Å². The van der Waals surface area contributed by atoms with Crippen molar-refractivity contribution >= 4 is 23.5 Å². The van der Waals surface area contributed by atoms with Crippen molar-refractivity contribution in [1.82, 2.24) is 13.7 Å². The molecule has 3 aromatic rings. The molecule has 3 rings (SSSR count). The van der Waals surface area contributed by atoms with Crippen LogP contribution in [0.25, 0.3) is 0 Å². The second kappa shape index (κ2) is 7.18. The van der Waals surface area contributed by atoms with Crippen molar-refractivity contribution in [3.63, 3.8) is 0 Å². The molecule has 0 aliphatic carbocycles. The molecule has 0 saturated heterocycles. The monoisotopic (exact) mass is 340 g/mol. The molecule has 0 radical (unpaired) electrons. The number of rotatable bonds is 5. The van der Waals surface area contributed by atoms with E-state index in [2.05, 4.69) is 19.0 Å². The van der Waals surface area contributed by atoms with Gasteiger partial charge in [0.2, 0.25) is 0 Å². The van der Waals surface area contributed by atoms with Crippen LogP contribution in [0.3, 0.4) is 0 Å². The molecule has 2 aromatic heterocycles. The summed E-state index contributed by atoms with van der Waals surface area (Å²) in [6, 6.07) is 10.6. The van der Waals surface area contributed by atoms with E-state index in [1.165, 1.54) is 11.7 Å². The Hall–Kier alpha value is -2.80. The number of aromatic nitrogens is 3. The van der Waals surface area contributed by atoms with E-state index in [9.17, 15) is 4.79 Å². The van der Waals surface area contributed by atoms with E-state index >= 15 is 0 Å². The van der Waals surface area contributed by atoms with Crippen LogP contribution < -0.4 is 10.1 Å². The molecular formula is C17H16N4O2S. The van der Waals surface area contributed by atoms with Gasteiger partial charge >= 0.3 is 0 Å². The van der Waals surface area contributed by atoms with Gasteiger partial charge in [-0.3, -0.25) is 4.79 Å². The van der Waals surface area contributed by atoms with Crippen LogP contribution in [0.1, 0.15) is 27.3 Å². The van der Waals surface area contributed by atoms with Gasteiger partial charge in [0.1, 0.15) is 23.9 Å². The number of ether oxygens (including phenoxy) is 1. The molecule has 1 N–H and O–H groups in total. The Morgan fingerprint density at radius 2 is 1.92 bits per heavy atom. The SMILES string of the molecule is Cc1ccc(NC(=O)c2ccc(OCc3nsnc3C)cc2)nc1. The number of benzene rings is 1. The zero-order chi connectivity index (χ0) is 16.9. The van der Waals surface area contributed by atoms with Gasteiger partial charge in [0.15, 0.2) is 0 Å². The molecule has 0 fully saturated rings. The van der Waals surface area contributed by atoms with E-state index in [0.717, 1.165) is 17.0 Å². The Morgan fingerprint density at radius 1 is 1.12 bits per heavy atom. The highest BCUT2D eigenvalue weighted by Gasteiger charge is 2.08. The van der Waals surface area contributed by atoms with Gasteiger partial charge in [-0.1, -0.05) is 6.07 Å². The van der Waals surface area contributed by atoms with Crippen molar-refractivity contribution in [3.05, 3.63) is 65.1 Å². The van der Waals surface area contributed by atoms with E-state index < -0.39 is 0 Å². The van der Waals surface area contributed by atoms with Crippen LogP contribution in [-0.2, 0) is 6.61 Å². The van der Waals surface area contributed by atoms with Gasteiger partial charge in [-0.15, -0.1) is 0 Å². The fraction of sp³-hybridized carbons (Fsp3) is 0.176. The van der Waals surface area contributed by atoms with Crippen molar-refractivity contribution in [2.75, 3.05) is 5.32 Å². The molecule has 122 valence electrons. The lowest BCUT2D eigenvalue weighted by Gasteiger charge is -2.07. The quantitative estimate of drug-likeness (QED) is 0.770. The van der Waals surface area contributed by atoms with Crippen molar-refractivity contribution in [2.24, 2.45) is 0 Å². The fourth-order valence-electron chi connectivity index (χ4n) is 1.96. The Kier molecular flexibility index (Phi) is 4.81. The lowest BCUT2D eigenvalue weighted by Crippen LogP contribution is -2.12. The molecule has 0 bridgehead atoms. The number of carbonyl (C=O) groups excluding carboxylic acids is 1. The first-order valence-corrected chi connectivity index (χ1v) is 8.10. The highest BCUT2D eigenvalue weighted by Crippen LogP contribution is 2.16. The summed E-state index contributed by atoms with van der Waals surface area (Å²) in [5, 5.41) is 2.76. The minimum atomic E-state index is -0.211. The summed E-state index contributed by atoms with van der Waals surface area (Å²) >= 11 is 1.17. The van der Waals surface area contributed by atoms with Gasteiger partial charge in [-0.05, 0) is 49.7 Å². The lowest BCUT2D eigenvalue weighted by atomic mass is 10.2. The predicted octanol–water partition coefficient (Wildman–Crippen LogP) is 3.38. The smallest absolute Gasteiger partial charge is 0.256 e. The summed E-state index contributed by atoms with van der Waals surface area (Å²) in [6.07, 6.45) is 1.71. The maximum Gasteiger partial charge on any atom is 0.256 e. The second-order valence-electron chi connectivity index (χ2n) is 5.28. The van der Waals surface area contributed by atoms with E-state index in [0.29, 0.717) is 23.7 Å². The van der Waals surface area contributed by atoms with E-state index in [-0.39, 0.29) is 5.91 Å². The second-order valence-corrected chi connectivity index (χ2v) is 5.81. The Labute approximate surface area is 143 Å². The lowest BCUT2D eigenvalue weighted by molar-refractivity contribution is 0.102. The molecular weight excluding hydrogens is 324 g/mol. The van der Waals surface area contributed by atoms with Crippen LogP contribution >= 0.6 is 11.7 Å². The zero-order valence-corrected chi connectivity index (χ0v) is 14.1. The summed E-state index contributed by atoms with van der Waals surface area (Å²) in [5.74, 6) is 0.988. The summed E-state index contributed by atoms with van der Waals surface area (Å²) in [7, 11) is 0. The van der Waals surface area contributed by atoms with Gasteiger partial charge in [0, 0.05) is 11.8 Å². The molecule has 1 aromatic carbocycles. The first kappa shape index (κ1) is 16.1. The molecule has 2 heterocycles. The van der Waals surface area contributed by atoms with Crippen LogP contribution in [0.15, 0.2) is 42.6 Å². The van der Waals surface area contributed by atoms with Crippen LogP contribution in [-0.4, -0.2) is 19.6 Å². The molecule has 0 unspecified atom stereocenters. The van der Waals surface area contributed by atoms with Crippen LogP contribution in [0.2, 0.25) is 0 Å². The number of amides is 1. The molecule has 6 nitrogen and oxygen atoms in total. The third-order valence-corrected chi connectivity index (χ3v) is 4.05. The molecule has 0 spiro atoms. The van der Waals surface area contributed by atoms with E-state index in [4.69, 9.17) is 4.74 Å². The molecule has 24 heavy (non-hydrogen) atoms. The number of pyridine rings is 1. The molecule has 0 atom stereocenters. The number of nitrogens with zero attached hydrogens (tertiary/aromatic N) is 3. The van der Waals surface area contributed by atoms with Gasteiger partial charge in [0.25, 0.3) is 5.91 Å². The number of hydrogen-bond donors (Lipinski definition) is 1. The largest absolute Gasteiger partial charge is 0.487 e. The minimum Gasteiger partial charge on any atom is -0.487 e. The standard InChI is InChI=1S/C17H16N4O2S/c1-11-3-8-16(18-9-11)19-17(22)13-4-6-14(7-5-13)23-10-15-12(2)20-24-21-15/h3-9H,10H2,1-2H3,(H,18,19,22). The topological polar surface area (TPSA) is 77.0 Å². The first-order chi connectivity index (χ1) is 11.6. The number of anilines is 1. The third kappa shape index (κ3) is 3.94. The Morgan fingerprint density at radius 3 is 2.54 bits per heavy atom. The third-order valence-electron chi connectivity index (χ3n) is 3.39. The van der Waals surface area contributed by atoms with Crippen molar-refractivity contribution in [1.29, 1.82) is 0 Å². The molecule has 7 heteroatoms. The first-order valence-electron chi connectivity index (χ1n) is 7.37. The van der Waals surface area contributed by atoms with Crippen molar-refractivity contribution < 1.29 is 9.53 Å². The number of hydrogen-bond acceptors (Lipinski definition) is 6. The minimum absolute atomic E-state index is 0.211. The maximum absolute atomic E-state index is 12.2. The summed E-state index contributed by atoms with van der Waals surface area (Å²) in [6.45, 7) is 4.20. The van der Waals surface area contributed by atoms with Crippen LogP contribution in [0.5, 0.6) is 5.75 Å². The fourth-order valence-corrected chi connectivity index (χ4v) is 2.52. The predicted molar refractivity (Wildman–Crippen MR) is 92.3 cm³/mol. The van der Waals surface area contributed by atoms with Gasteiger partial charge in [-0.25, -0.2) is 4.98 Å². The molecule has 0 saturated carbocycles. The normalized spacial score (nSPS) is 10.4. The average Bonchev–Trinajstić information content (AvgIpc) is 3.00. The van der Waals surface area contributed by atoms with E-state index in [1.807, 2.05) is 19.9 Å². The van der Waals surface area contributed by atoms with Gasteiger partial charge < -0.3 is 10.1 Å². The number of aryl methyl sites for hydroxylation is 2. The molecule has 1 amide bonds. The number of nitrogens with one attached hydrogen (secondary N) is 1. The Balaban J connectivity index is 1.60. The summed E-state index contributed by atoms with van der Waals surface area (Å²) in [4.78, 5) is 16.3. The van der Waals surface area contributed by atoms with Crippen LogP contribution in [0.4, 0.5) is 5.82 Å². The molecule has 0 aliphatic rings. The summed E-state index contributed by atoms with van der Waals surface area (Å²) in [5.41, 5.74) is 3.28. The number of carbonyl (C=O) groups is 1. The highest BCUT2D eigenvalue weighted by molar-refractivity contribution is 6.99. The average molecular weight is 340 g/mol. The zero-order valence-electron chi connectivity index (χ0n) is 13.3. The maximum atomic E-state index is 12.2.